The van der Waals surface area contributed by atoms with Crippen molar-refractivity contribution >= 4 is 17.5 Å². The van der Waals surface area contributed by atoms with E-state index in [2.05, 4.69) is 30.1 Å². The lowest BCUT2D eigenvalue weighted by atomic mass is 10.0. The topological polar surface area (TPSA) is 80.3 Å². The van der Waals surface area contributed by atoms with E-state index in [1.807, 2.05) is 18.2 Å². The second-order valence-electron chi connectivity index (χ2n) is 9.23. The van der Waals surface area contributed by atoms with Gasteiger partial charge in [0.15, 0.2) is 0 Å². The Morgan fingerprint density at radius 1 is 1.14 bits per heavy atom. The van der Waals surface area contributed by atoms with E-state index in [9.17, 15) is 9.59 Å². The minimum atomic E-state index is -0.200. The van der Waals surface area contributed by atoms with E-state index in [0.29, 0.717) is 36.7 Å². The Balaban J connectivity index is 1.96. The smallest absolute Gasteiger partial charge is 0.257 e. The van der Waals surface area contributed by atoms with E-state index in [1.54, 1.807) is 44.4 Å². The summed E-state index contributed by atoms with van der Waals surface area (Å²) in [6, 6.07) is 13.2. The van der Waals surface area contributed by atoms with Crippen molar-refractivity contribution in [2.75, 3.05) is 46.3 Å². The molecule has 1 aliphatic heterocycles. The summed E-state index contributed by atoms with van der Waals surface area (Å²) in [6.45, 7) is 7.97. The summed E-state index contributed by atoms with van der Waals surface area (Å²) in [7, 11) is 5.13. The highest BCUT2D eigenvalue weighted by Crippen LogP contribution is 2.27. The number of carbonyl (C=O) groups is 2. The monoisotopic (exact) mass is 483 g/mol. The summed E-state index contributed by atoms with van der Waals surface area (Å²) in [4.78, 5) is 28.9. The number of nitrogens with one attached hydrogen (secondary N) is 1. The molecule has 8 heteroatoms. The molecule has 1 N–H and O–H groups in total. The minimum absolute atomic E-state index is 0.0509. The molecule has 3 rings (SSSR count). The molecule has 0 spiro atoms. The molecule has 0 saturated carbocycles. The van der Waals surface area contributed by atoms with Crippen LogP contribution in [-0.2, 0) is 16.1 Å². The molecule has 1 aliphatic rings. The van der Waals surface area contributed by atoms with E-state index in [4.69, 9.17) is 14.2 Å². The van der Waals surface area contributed by atoms with Crippen molar-refractivity contribution in [3.8, 4) is 11.5 Å². The molecular formula is C27H37N3O5. The maximum absolute atomic E-state index is 13.4. The lowest BCUT2D eigenvalue weighted by Gasteiger charge is -2.36. The van der Waals surface area contributed by atoms with Crippen LogP contribution in [0.15, 0.2) is 42.5 Å². The molecule has 0 radical (unpaired) electrons. The lowest BCUT2D eigenvalue weighted by Crippen LogP contribution is -2.46. The first-order chi connectivity index (χ1) is 16.7. The highest BCUT2D eigenvalue weighted by Gasteiger charge is 2.29. The standard InChI is InChI=1S/C27H37N3O5/c1-18-14-30(15-21-9-7-8-10-24(21)33-5)19(2)17-35-25-12-11-22(28-20(3)31)13-23(25)27(32)29(4)16-26(18)34-6/h7-13,18-19,26H,14-17H2,1-6H3,(H,28,31)/t18-,19-,26+/m1/s1. The van der Waals surface area contributed by atoms with Crippen molar-refractivity contribution in [2.24, 2.45) is 5.92 Å². The van der Waals surface area contributed by atoms with Gasteiger partial charge in [0.1, 0.15) is 18.1 Å². The molecule has 2 aromatic rings. The van der Waals surface area contributed by atoms with Crippen LogP contribution >= 0.6 is 0 Å². The van der Waals surface area contributed by atoms with Crippen molar-refractivity contribution in [2.45, 2.75) is 39.5 Å². The second-order valence-corrected chi connectivity index (χ2v) is 9.23. The number of hydrogen-bond acceptors (Lipinski definition) is 6. The van der Waals surface area contributed by atoms with E-state index in [-0.39, 0.29) is 29.9 Å². The van der Waals surface area contributed by atoms with Gasteiger partial charge in [-0.2, -0.15) is 0 Å². The molecule has 35 heavy (non-hydrogen) atoms. The fourth-order valence-electron chi connectivity index (χ4n) is 4.41. The number of methoxy groups -OCH3 is 2. The van der Waals surface area contributed by atoms with Gasteiger partial charge < -0.3 is 24.4 Å². The predicted molar refractivity (Wildman–Crippen MR) is 136 cm³/mol. The summed E-state index contributed by atoms with van der Waals surface area (Å²) in [5, 5.41) is 2.75. The molecule has 0 bridgehead atoms. The fraction of sp³-hybridized carbons (Fsp3) is 0.481. The van der Waals surface area contributed by atoms with E-state index >= 15 is 0 Å². The number of amides is 2. The van der Waals surface area contributed by atoms with Crippen molar-refractivity contribution in [3.05, 3.63) is 53.6 Å². The fourth-order valence-corrected chi connectivity index (χ4v) is 4.41. The van der Waals surface area contributed by atoms with Crippen LogP contribution in [0, 0.1) is 5.92 Å². The maximum atomic E-state index is 13.4. The molecular weight excluding hydrogens is 446 g/mol. The van der Waals surface area contributed by atoms with Gasteiger partial charge in [0.2, 0.25) is 5.91 Å². The molecule has 0 unspecified atom stereocenters. The first-order valence-corrected chi connectivity index (χ1v) is 11.9. The van der Waals surface area contributed by atoms with Gasteiger partial charge in [-0.1, -0.05) is 25.1 Å². The highest BCUT2D eigenvalue weighted by molar-refractivity contribution is 5.99. The number of benzene rings is 2. The third kappa shape index (κ3) is 6.74. The quantitative estimate of drug-likeness (QED) is 0.699. The molecule has 2 amide bonds. The molecule has 0 aromatic heterocycles. The van der Waals surface area contributed by atoms with Gasteiger partial charge in [-0.05, 0) is 37.1 Å². The van der Waals surface area contributed by atoms with E-state index < -0.39 is 0 Å². The first-order valence-electron chi connectivity index (χ1n) is 11.9. The maximum Gasteiger partial charge on any atom is 0.257 e. The number of hydrogen-bond donors (Lipinski definition) is 1. The number of anilines is 1. The summed E-state index contributed by atoms with van der Waals surface area (Å²) < 4.78 is 17.6. The number of likely N-dealkylation sites (N-methyl/N-ethyl adjacent to an activating group) is 1. The average molecular weight is 484 g/mol. The normalized spacial score (nSPS) is 21.8. The SMILES string of the molecule is COc1ccccc1CN1C[C@@H](C)[C@@H](OC)CN(C)C(=O)c2cc(NC(C)=O)ccc2OC[C@H]1C. The van der Waals surface area contributed by atoms with Crippen LogP contribution in [0.5, 0.6) is 11.5 Å². The Hall–Kier alpha value is -3.10. The van der Waals surface area contributed by atoms with Gasteiger partial charge in [0.05, 0.1) is 18.8 Å². The van der Waals surface area contributed by atoms with Crippen molar-refractivity contribution < 1.29 is 23.8 Å². The molecule has 1 heterocycles. The van der Waals surface area contributed by atoms with Crippen LogP contribution in [0.2, 0.25) is 0 Å². The Kier molecular flexibility index (Phi) is 9.12. The predicted octanol–water partition coefficient (Wildman–Crippen LogP) is 3.66. The molecule has 2 aromatic carbocycles. The summed E-state index contributed by atoms with van der Waals surface area (Å²) >= 11 is 0. The average Bonchev–Trinajstić information content (AvgIpc) is 2.84. The molecule has 8 nitrogen and oxygen atoms in total. The zero-order chi connectivity index (χ0) is 25.5. The number of para-hydroxylation sites is 1. The van der Waals surface area contributed by atoms with Crippen LogP contribution in [0.4, 0.5) is 5.69 Å². The van der Waals surface area contributed by atoms with E-state index in [0.717, 1.165) is 17.9 Å². The Morgan fingerprint density at radius 2 is 1.89 bits per heavy atom. The van der Waals surface area contributed by atoms with Crippen molar-refractivity contribution in [3.63, 3.8) is 0 Å². The minimum Gasteiger partial charge on any atom is -0.496 e. The summed E-state index contributed by atoms with van der Waals surface area (Å²) in [6.07, 6.45) is -0.154. The number of fused-ring (bicyclic) bond motifs is 1. The van der Waals surface area contributed by atoms with Crippen LogP contribution in [-0.4, -0.2) is 74.7 Å². The molecule has 0 fully saturated rings. The zero-order valence-electron chi connectivity index (χ0n) is 21.5. The van der Waals surface area contributed by atoms with Gasteiger partial charge >= 0.3 is 0 Å². The highest BCUT2D eigenvalue weighted by atomic mass is 16.5. The van der Waals surface area contributed by atoms with Crippen LogP contribution in [0.25, 0.3) is 0 Å². The van der Waals surface area contributed by atoms with Gasteiger partial charge in [0.25, 0.3) is 5.91 Å². The third-order valence-corrected chi connectivity index (χ3v) is 6.46. The van der Waals surface area contributed by atoms with Gasteiger partial charge in [-0.15, -0.1) is 0 Å². The number of rotatable bonds is 5. The molecule has 0 aliphatic carbocycles. The van der Waals surface area contributed by atoms with E-state index in [1.165, 1.54) is 6.92 Å². The van der Waals surface area contributed by atoms with Gasteiger partial charge in [-0.3, -0.25) is 14.5 Å². The molecule has 0 saturated heterocycles. The Morgan fingerprint density at radius 3 is 2.57 bits per heavy atom. The van der Waals surface area contributed by atoms with Gasteiger partial charge in [-0.25, -0.2) is 0 Å². The first kappa shape index (κ1) is 26.5. The van der Waals surface area contributed by atoms with Crippen molar-refractivity contribution in [1.82, 2.24) is 9.80 Å². The Labute approximate surface area is 208 Å². The number of nitrogens with zero attached hydrogens (tertiary/aromatic N) is 2. The van der Waals surface area contributed by atoms with Gasteiger partial charge in [0, 0.05) is 58.0 Å². The second kappa shape index (κ2) is 12.0. The number of carbonyl (C=O) groups excluding carboxylic acids is 2. The van der Waals surface area contributed by atoms with Crippen LogP contribution in [0.3, 0.4) is 0 Å². The molecule has 190 valence electrons. The van der Waals surface area contributed by atoms with Crippen LogP contribution < -0.4 is 14.8 Å². The zero-order valence-corrected chi connectivity index (χ0v) is 21.5. The third-order valence-electron chi connectivity index (χ3n) is 6.46. The summed E-state index contributed by atoms with van der Waals surface area (Å²) in [5.41, 5.74) is 2.06. The lowest BCUT2D eigenvalue weighted by molar-refractivity contribution is -0.114. The number of ether oxygens (including phenoxy) is 3. The Bertz CT molecular complexity index is 1030. The van der Waals surface area contributed by atoms with Crippen LogP contribution in [0.1, 0.15) is 36.7 Å². The largest absolute Gasteiger partial charge is 0.496 e. The molecule has 3 atom stereocenters. The summed E-state index contributed by atoms with van der Waals surface area (Å²) in [5.74, 6) is 1.11. The van der Waals surface area contributed by atoms with Crippen molar-refractivity contribution in [1.29, 1.82) is 0 Å².